The van der Waals surface area contributed by atoms with E-state index in [1.165, 1.54) is 18.2 Å². The van der Waals surface area contributed by atoms with Crippen LogP contribution in [0.15, 0.2) is 54.6 Å². The standard InChI is InChI=1S/C17H13F3O3/c18-17(19,20)14-9-5-4-8-13(14)10-15(21)16(22)23-11-12-6-2-1-3-7-12/h1-9H,10-11H2. The summed E-state index contributed by atoms with van der Waals surface area (Å²) in [4.78, 5) is 23.4. The van der Waals surface area contributed by atoms with Gasteiger partial charge in [0.2, 0.25) is 5.78 Å². The zero-order chi connectivity index (χ0) is 16.9. The molecule has 23 heavy (non-hydrogen) atoms. The SMILES string of the molecule is O=C(Cc1ccccc1C(F)(F)F)C(=O)OCc1ccccc1. The summed E-state index contributed by atoms with van der Waals surface area (Å²) in [6, 6.07) is 13.3. The highest BCUT2D eigenvalue weighted by Crippen LogP contribution is 2.32. The van der Waals surface area contributed by atoms with Crippen LogP contribution in [0.25, 0.3) is 0 Å². The highest BCUT2D eigenvalue weighted by Gasteiger charge is 2.33. The summed E-state index contributed by atoms with van der Waals surface area (Å²) in [5.41, 5.74) is -0.491. The zero-order valence-electron chi connectivity index (χ0n) is 12.0. The predicted octanol–water partition coefficient (Wildman–Crippen LogP) is 3.56. The molecule has 120 valence electrons. The van der Waals surface area contributed by atoms with Crippen LogP contribution in [0.5, 0.6) is 0 Å². The summed E-state index contributed by atoms with van der Waals surface area (Å²) in [5, 5.41) is 0. The summed E-state index contributed by atoms with van der Waals surface area (Å²) < 4.78 is 43.3. The maximum absolute atomic E-state index is 12.8. The first-order valence-electron chi connectivity index (χ1n) is 6.77. The number of hydrogen-bond donors (Lipinski definition) is 0. The fraction of sp³-hybridized carbons (Fsp3) is 0.176. The van der Waals surface area contributed by atoms with Gasteiger partial charge < -0.3 is 4.74 Å². The van der Waals surface area contributed by atoms with E-state index in [2.05, 4.69) is 0 Å². The fourth-order valence-electron chi connectivity index (χ4n) is 2.00. The largest absolute Gasteiger partial charge is 0.455 e. The fourth-order valence-corrected chi connectivity index (χ4v) is 2.00. The molecule has 0 N–H and O–H groups in total. The third kappa shape index (κ3) is 4.67. The molecule has 0 aliphatic rings. The molecule has 0 heterocycles. The average molecular weight is 322 g/mol. The Balaban J connectivity index is 2.01. The number of ether oxygens (including phenoxy) is 1. The number of carbonyl (C=O) groups excluding carboxylic acids is 2. The first-order valence-corrected chi connectivity index (χ1v) is 6.77. The van der Waals surface area contributed by atoms with E-state index in [1.54, 1.807) is 30.3 Å². The van der Waals surface area contributed by atoms with Crippen molar-refractivity contribution in [2.75, 3.05) is 0 Å². The summed E-state index contributed by atoms with van der Waals surface area (Å²) in [5.74, 6) is -2.16. The van der Waals surface area contributed by atoms with Crippen molar-refractivity contribution in [1.29, 1.82) is 0 Å². The van der Waals surface area contributed by atoms with Gasteiger partial charge in [0.25, 0.3) is 0 Å². The molecule has 0 aliphatic carbocycles. The average Bonchev–Trinajstić information content (AvgIpc) is 2.53. The molecule has 0 radical (unpaired) electrons. The molecule has 0 aromatic heterocycles. The summed E-state index contributed by atoms with van der Waals surface area (Å²) in [6.45, 7) is -0.105. The lowest BCUT2D eigenvalue weighted by atomic mass is 10.0. The van der Waals surface area contributed by atoms with Gasteiger partial charge >= 0.3 is 12.1 Å². The van der Waals surface area contributed by atoms with Gasteiger partial charge in [-0.05, 0) is 17.2 Å². The highest BCUT2D eigenvalue weighted by atomic mass is 19.4. The number of esters is 1. The molecule has 0 bridgehead atoms. The predicted molar refractivity (Wildman–Crippen MR) is 76.4 cm³/mol. The van der Waals surface area contributed by atoms with Crippen LogP contribution in [0.3, 0.4) is 0 Å². The van der Waals surface area contributed by atoms with Crippen LogP contribution in [0.1, 0.15) is 16.7 Å². The minimum atomic E-state index is -4.58. The van der Waals surface area contributed by atoms with E-state index in [-0.39, 0.29) is 12.2 Å². The van der Waals surface area contributed by atoms with E-state index in [1.807, 2.05) is 0 Å². The Labute approximate surface area is 130 Å². The second-order valence-corrected chi connectivity index (χ2v) is 4.82. The zero-order valence-corrected chi connectivity index (χ0v) is 12.0. The minimum Gasteiger partial charge on any atom is -0.455 e. The minimum absolute atomic E-state index is 0.105. The van der Waals surface area contributed by atoms with Crippen molar-refractivity contribution in [2.24, 2.45) is 0 Å². The van der Waals surface area contributed by atoms with Crippen molar-refractivity contribution in [3.63, 3.8) is 0 Å². The van der Waals surface area contributed by atoms with E-state index in [0.29, 0.717) is 5.56 Å². The lowest BCUT2D eigenvalue weighted by Crippen LogP contribution is -2.21. The molecule has 2 rings (SSSR count). The quantitative estimate of drug-likeness (QED) is 0.624. The smallest absolute Gasteiger partial charge is 0.416 e. The molecular formula is C17H13F3O3. The number of alkyl halides is 3. The van der Waals surface area contributed by atoms with E-state index in [4.69, 9.17) is 4.74 Å². The molecule has 6 heteroatoms. The highest BCUT2D eigenvalue weighted by molar-refractivity contribution is 6.34. The van der Waals surface area contributed by atoms with Crippen LogP contribution in [-0.4, -0.2) is 11.8 Å². The van der Waals surface area contributed by atoms with Gasteiger partial charge in [-0.15, -0.1) is 0 Å². The van der Waals surface area contributed by atoms with Crippen molar-refractivity contribution < 1.29 is 27.5 Å². The number of rotatable bonds is 5. The van der Waals surface area contributed by atoms with E-state index in [0.717, 1.165) is 6.07 Å². The number of benzene rings is 2. The molecule has 2 aromatic carbocycles. The molecule has 0 atom stereocenters. The van der Waals surface area contributed by atoms with E-state index < -0.39 is 29.9 Å². The first-order chi connectivity index (χ1) is 10.9. The second-order valence-electron chi connectivity index (χ2n) is 4.82. The molecule has 2 aromatic rings. The summed E-state index contributed by atoms with van der Waals surface area (Å²) >= 11 is 0. The van der Waals surface area contributed by atoms with E-state index in [9.17, 15) is 22.8 Å². The molecule has 0 spiro atoms. The monoisotopic (exact) mass is 322 g/mol. The molecule has 0 fully saturated rings. The van der Waals surface area contributed by atoms with Crippen molar-refractivity contribution in [2.45, 2.75) is 19.2 Å². The number of hydrogen-bond acceptors (Lipinski definition) is 3. The number of halogens is 3. The van der Waals surface area contributed by atoms with Gasteiger partial charge in [0.05, 0.1) is 5.56 Å². The van der Waals surface area contributed by atoms with Gasteiger partial charge in [-0.2, -0.15) is 13.2 Å². The van der Waals surface area contributed by atoms with Crippen LogP contribution in [-0.2, 0) is 33.5 Å². The van der Waals surface area contributed by atoms with Gasteiger partial charge in [-0.25, -0.2) is 4.79 Å². The van der Waals surface area contributed by atoms with Crippen LogP contribution in [0.4, 0.5) is 13.2 Å². The lowest BCUT2D eigenvalue weighted by Gasteiger charge is -2.11. The van der Waals surface area contributed by atoms with Gasteiger partial charge in [-0.1, -0.05) is 48.5 Å². The Kier molecular flexibility index (Phi) is 5.16. The van der Waals surface area contributed by atoms with Crippen LogP contribution in [0, 0.1) is 0 Å². The first kappa shape index (κ1) is 16.7. The molecule has 0 saturated carbocycles. The maximum atomic E-state index is 12.8. The van der Waals surface area contributed by atoms with Crippen LogP contribution < -0.4 is 0 Å². The van der Waals surface area contributed by atoms with Crippen molar-refractivity contribution >= 4 is 11.8 Å². The van der Waals surface area contributed by atoms with Crippen molar-refractivity contribution in [3.05, 3.63) is 71.3 Å². The summed E-state index contributed by atoms with van der Waals surface area (Å²) in [6.07, 6.45) is -5.23. The number of Topliss-reactive ketones (excluding diaryl/α,β-unsaturated/α-hetero) is 1. The van der Waals surface area contributed by atoms with Crippen LogP contribution in [0.2, 0.25) is 0 Å². The Morgan fingerprint density at radius 1 is 0.913 bits per heavy atom. The Morgan fingerprint density at radius 3 is 2.17 bits per heavy atom. The maximum Gasteiger partial charge on any atom is 0.416 e. The van der Waals surface area contributed by atoms with Gasteiger partial charge in [0.1, 0.15) is 6.61 Å². The molecule has 0 amide bonds. The Hall–Kier alpha value is -2.63. The third-order valence-corrected chi connectivity index (χ3v) is 3.11. The van der Waals surface area contributed by atoms with Crippen molar-refractivity contribution in [3.8, 4) is 0 Å². The van der Waals surface area contributed by atoms with Crippen molar-refractivity contribution in [1.82, 2.24) is 0 Å². The molecule has 0 saturated heterocycles. The number of carbonyl (C=O) groups is 2. The third-order valence-electron chi connectivity index (χ3n) is 3.11. The number of ketones is 1. The molecule has 3 nitrogen and oxygen atoms in total. The van der Waals surface area contributed by atoms with Crippen LogP contribution >= 0.6 is 0 Å². The second kappa shape index (κ2) is 7.09. The molecular weight excluding hydrogens is 309 g/mol. The van der Waals surface area contributed by atoms with Gasteiger partial charge in [-0.3, -0.25) is 4.79 Å². The summed E-state index contributed by atoms with van der Waals surface area (Å²) in [7, 11) is 0. The lowest BCUT2D eigenvalue weighted by molar-refractivity contribution is -0.154. The Bertz CT molecular complexity index is 694. The Morgan fingerprint density at radius 2 is 1.52 bits per heavy atom. The van der Waals surface area contributed by atoms with Gasteiger partial charge in [0, 0.05) is 6.42 Å². The van der Waals surface area contributed by atoms with Gasteiger partial charge in [0.15, 0.2) is 0 Å². The molecule has 0 aliphatic heterocycles. The molecule has 0 unspecified atom stereocenters. The normalized spacial score (nSPS) is 11.1. The topological polar surface area (TPSA) is 43.4 Å². The van der Waals surface area contributed by atoms with E-state index >= 15 is 0 Å².